The van der Waals surface area contributed by atoms with Gasteiger partial charge in [-0.25, -0.2) is 4.79 Å². The number of nitrogens with one attached hydrogen (secondary N) is 2. The summed E-state index contributed by atoms with van der Waals surface area (Å²) in [4.78, 5) is 12.0. The van der Waals surface area contributed by atoms with E-state index in [1.807, 2.05) is 48.5 Å². The Kier molecular flexibility index (Phi) is 5.31. The molecule has 0 unspecified atom stereocenters. The highest BCUT2D eigenvalue weighted by molar-refractivity contribution is 5.99. The second kappa shape index (κ2) is 7.42. The molecule has 0 aromatic heterocycles. The maximum atomic E-state index is 12.0. The van der Waals surface area contributed by atoms with Crippen LogP contribution in [-0.4, -0.2) is 13.1 Å². The molecule has 0 atom stereocenters. The Morgan fingerprint density at radius 2 is 1.62 bits per heavy atom. The van der Waals surface area contributed by atoms with Gasteiger partial charge in [0.05, 0.1) is 6.61 Å². The molecule has 0 heterocycles. The number of ether oxygens (including phenoxy) is 1. The fourth-order valence-electron chi connectivity index (χ4n) is 1.98. The first-order valence-electron chi connectivity index (χ1n) is 6.66. The minimum Gasteiger partial charge on any atom is -0.380 e. The molecule has 0 saturated carbocycles. The van der Waals surface area contributed by atoms with Crippen LogP contribution in [-0.2, 0) is 17.9 Å². The number of urea groups is 1. The van der Waals surface area contributed by atoms with Gasteiger partial charge in [-0.05, 0) is 35.4 Å². The van der Waals surface area contributed by atoms with Crippen LogP contribution in [0.3, 0.4) is 0 Å². The smallest absolute Gasteiger partial charge is 0.323 e. The Balaban J connectivity index is 1.99. The number of methoxy groups -OCH3 is 1. The van der Waals surface area contributed by atoms with Crippen molar-refractivity contribution in [3.8, 4) is 0 Å². The van der Waals surface area contributed by atoms with Gasteiger partial charge in [-0.3, -0.25) is 0 Å². The van der Waals surface area contributed by atoms with Crippen LogP contribution in [0.2, 0.25) is 0 Å². The zero-order chi connectivity index (χ0) is 15.1. The average molecular weight is 285 g/mol. The summed E-state index contributed by atoms with van der Waals surface area (Å²) in [6.45, 7) is 0.950. The summed E-state index contributed by atoms with van der Waals surface area (Å²) in [5.74, 6) is 0. The van der Waals surface area contributed by atoms with Crippen LogP contribution in [0.4, 0.5) is 16.2 Å². The number of amides is 2. The number of anilines is 2. The van der Waals surface area contributed by atoms with Gasteiger partial charge in [-0.1, -0.05) is 24.3 Å². The van der Waals surface area contributed by atoms with Crippen LogP contribution in [0.25, 0.3) is 0 Å². The fraction of sp³-hybridized carbons (Fsp3) is 0.188. The van der Waals surface area contributed by atoms with Crippen molar-refractivity contribution >= 4 is 17.4 Å². The molecule has 5 nitrogen and oxygen atoms in total. The SMILES string of the molecule is COCc1cccc(NC(=O)Nc2cccc(CN)c2)c1. The lowest BCUT2D eigenvalue weighted by Gasteiger charge is -2.09. The predicted octanol–water partition coefficient (Wildman–Crippen LogP) is 2.94. The third-order valence-corrected chi connectivity index (χ3v) is 2.92. The maximum Gasteiger partial charge on any atom is 0.323 e. The molecule has 0 aliphatic heterocycles. The summed E-state index contributed by atoms with van der Waals surface area (Å²) < 4.78 is 5.07. The fourth-order valence-corrected chi connectivity index (χ4v) is 1.98. The Morgan fingerprint density at radius 1 is 1.05 bits per heavy atom. The van der Waals surface area contributed by atoms with Gasteiger partial charge in [-0.2, -0.15) is 0 Å². The maximum absolute atomic E-state index is 12.0. The lowest BCUT2D eigenvalue weighted by molar-refractivity contribution is 0.185. The second-order valence-electron chi connectivity index (χ2n) is 4.62. The number of nitrogens with two attached hydrogens (primary N) is 1. The number of carbonyl (C=O) groups is 1. The van der Waals surface area contributed by atoms with Crippen molar-refractivity contribution in [2.75, 3.05) is 17.7 Å². The molecule has 2 amide bonds. The molecule has 0 bridgehead atoms. The number of hydrogen-bond donors (Lipinski definition) is 3. The van der Waals surface area contributed by atoms with Gasteiger partial charge in [0.1, 0.15) is 0 Å². The molecular weight excluding hydrogens is 266 g/mol. The standard InChI is InChI=1S/C16H19N3O2/c1-21-11-13-5-3-7-15(9-13)19-16(20)18-14-6-2-4-12(8-14)10-17/h2-9H,10-11,17H2,1H3,(H2,18,19,20). The Hall–Kier alpha value is -2.37. The Bertz CT molecular complexity index is 614. The van der Waals surface area contributed by atoms with Gasteiger partial charge in [0.25, 0.3) is 0 Å². The van der Waals surface area contributed by atoms with Crippen molar-refractivity contribution < 1.29 is 9.53 Å². The molecule has 2 rings (SSSR count). The van der Waals surface area contributed by atoms with E-state index >= 15 is 0 Å². The molecule has 110 valence electrons. The summed E-state index contributed by atoms with van der Waals surface area (Å²) in [7, 11) is 1.64. The third-order valence-electron chi connectivity index (χ3n) is 2.92. The van der Waals surface area contributed by atoms with E-state index in [9.17, 15) is 4.79 Å². The van der Waals surface area contributed by atoms with E-state index in [2.05, 4.69) is 10.6 Å². The lowest BCUT2D eigenvalue weighted by Crippen LogP contribution is -2.19. The summed E-state index contributed by atoms with van der Waals surface area (Å²) >= 11 is 0. The lowest BCUT2D eigenvalue weighted by atomic mass is 10.2. The summed E-state index contributed by atoms with van der Waals surface area (Å²) in [5, 5.41) is 5.57. The highest BCUT2D eigenvalue weighted by atomic mass is 16.5. The number of benzene rings is 2. The minimum absolute atomic E-state index is 0.293. The highest BCUT2D eigenvalue weighted by Crippen LogP contribution is 2.13. The summed E-state index contributed by atoms with van der Waals surface area (Å²) in [5.41, 5.74) is 8.98. The number of carbonyl (C=O) groups excluding carboxylic acids is 1. The van der Waals surface area contributed by atoms with Gasteiger partial charge in [0.15, 0.2) is 0 Å². The summed E-state index contributed by atoms with van der Waals surface area (Å²) in [6, 6.07) is 14.7. The van der Waals surface area contributed by atoms with E-state index in [4.69, 9.17) is 10.5 Å². The normalized spacial score (nSPS) is 10.2. The number of rotatable bonds is 5. The zero-order valence-corrected chi connectivity index (χ0v) is 11.9. The molecular formula is C16H19N3O2. The molecule has 0 aliphatic carbocycles. The summed E-state index contributed by atoms with van der Waals surface area (Å²) in [6.07, 6.45) is 0. The molecule has 0 fully saturated rings. The topological polar surface area (TPSA) is 76.4 Å². The molecule has 5 heteroatoms. The molecule has 0 aliphatic rings. The number of hydrogen-bond acceptors (Lipinski definition) is 3. The molecule has 2 aromatic carbocycles. The molecule has 0 spiro atoms. The van der Waals surface area contributed by atoms with E-state index < -0.39 is 0 Å². The zero-order valence-electron chi connectivity index (χ0n) is 11.9. The predicted molar refractivity (Wildman–Crippen MR) is 84.1 cm³/mol. The van der Waals surface area contributed by atoms with Gasteiger partial charge in [0, 0.05) is 25.0 Å². The molecule has 21 heavy (non-hydrogen) atoms. The van der Waals surface area contributed by atoms with Gasteiger partial charge in [0.2, 0.25) is 0 Å². The molecule has 4 N–H and O–H groups in total. The first-order chi connectivity index (χ1) is 10.2. The van der Waals surface area contributed by atoms with Crippen LogP contribution in [0.1, 0.15) is 11.1 Å². The van der Waals surface area contributed by atoms with Gasteiger partial charge >= 0.3 is 6.03 Å². The molecule has 2 aromatic rings. The Morgan fingerprint density at radius 3 is 2.19 bits per heavy atom. The van der Waals surface area contributed by atoms with Crippen LogP contribution in [0, 0.1) is 0 Å². The van der Waals surface area contributed by atoms with Crippen molar-refractivity contribution in [3.05, 3.63) is 59.7 Å². The molecule has 0 radical (unpaired) electrons. The largest absolute Gasteiger partial charge is 0.380 e. The van der Waals surface area contributed by atoms with Crippen LogP contribution in [0.15, 0.2) is 48.5 Å². The van der Waals surface area contributed by atoms with Crippen LogP contribution in [0.5, 0.6) is 0 Å². The van der Waals surface area contributed by atoms with E-state index in [1.54, 1.807) is 7.11 Å². The van der Waals surface area contributed by atoms with Crippen molar-refractivity contribution in [1.29, 1.82) is 0 Å². The van der Waals surface area contributed by atoms with E-state index in [0.29, 0.717) is 18.8 Å². The Labute approximate surface area is 124 Å². The van der Waals surface area contributed by atoms with Crippen molar-refractivity contribution in [3.63, 3.8) is 0 Å². The first kappa shape index (κ1) is 15.0. The average Bonchev–Trinajstić information content (AvgIpc) is 2.48. The monoisotopic (exact) mass is 285 g/mol. The third kappa shape index (κ3) is 4.59. The second-order valence-corrected chi connectivity index (χ2v) is 4.62. The first-order valence-corrected chi connectivity index (χ1v) is 6.66. The van der Waals surface area contributed by atoms with Crippen molar-refractivity contribution in [1.82, 2.24) is 0 Å². The van der Waals surface area contributed by atoms with E-state index in [-0.39, 0.29) is 6.03 Å². The quantitative estimate of drug-likeness (QED) is 0.790. The van der Waals surface area contributed by atoms with E-state index in [0.717, 1.165) is 16.8 Å². The highest BCUT2D eigenvalue weighted by Gasteiger charge is 2.04. The van der Waals surface area contributed by atoms with Crippen LogP contribution < -0.4 is 16.4 Å². The van der Waals surface area contributed by atoms with Crippen LogP contribution >= 0.6 is 0 Å². The van der Waals surface area contributed by atoms with Gasteiger partial charge < -0.3 is 21.1 Å². The molecule has 0 saturated heterocycles. The van der Waals surface area contributed by atoms with Crippen molar-refractivity contribution in [2.45, 2.75) is 13.2 Å². The van der Waals surface area contributed by atoms with Crippen molar-refractivity contribution in [2.24, 2.45) is 5.73 Å². The van der Waals surface area contributed by atoms with E-state index in [1.165, 1.54) is 0 Å². The van der Waals surface area contributed by atoms with Gasteiger partial charge in [-0.15, -0.1) is 0 Å². The minimum atomic E-state index is -0.293.